The van der Waals surface area contributed by atoms with Gasteiger partial charge in [-0.1, -0.05) is 49.2 Å². The lowest BCUT2D eigenvalue weighted by Crippen LogP contribution is -2.13. The minimum atomic E-state index is 0.228. The van der Waals surface area contributed by atoms with Crippen LogP contribution in [-0.4, -0.2) is 22.8 Å². The van der Waals surface area contributed by atoms with Crippen LogP contribution in [0.4, 0.5) is 0 Å². The molecule has 4 rings (SSSR count). The number of fused-ring (bicyclic) bond motifs is 1. The van der Waals surface area contributed by atoms with Gasteiger partial charge in [0.25, 0.3) is 0 Å². The van der Waals surface area contributed by atoms with Gasteiger partial charge in [-0.05, 0) is 48.6 Å². The number of rotatable bonds is 6. The summed E-state index contributed by atoms with van der Waals surface area (Å²) in [5.74, 6) is 1.72. The van der Waals surface area contributed by atoms with E-state index < -0.39 is 0 Å². The molecule has 0 unspecified atom stereocenters. The molecule has 1 fully saturated rings. The van der Waals surface area contributed by atoms with Crippen LogP contribution in [0.3, 0.4) is 0 Å². The van der Waals surface area contributed by atoms with E-state index in [1.165, 1.54) is 31.2 Å². The molecule has 1 aliphatic rings. The second kappa shape index (κ2) is 10.5. The van der Waals surface area contributed by atoms with E-state index in [1.54, 1.807) is 0 Å². The molecule has 0 radical (unpaired) electrons. The quantitative estimate of drug-likeness (QED) is 0.670. The van der Waals surface area contributed by atoms with Crippen LogP contribution in [0.15, 0.2) is 60.7 Å². The molecule has 0 amide bonds. The highest BCUT2D eigenvalue weighted by Gasteiger charge is 2.25. The van der Waals surface area contributed by atoms with Crippen molar-refractivity contribution in [3.05, 3.63) is 71.9 Å². The molecular weight excluding hydrogens is 366 g/mol. The van der Waals surface area contributed by atoms with Gasteiger partial charge in [0.05, 0.1) is 17.8 Å². The monoisotopic (exact) mass is 391 g/mol. The van der Waals surface area contributed by atoms with Gasteiger partial charge in [0.15, 0.2) is 0 Å². The molecule has 1 N–H and O–H groups in total. The van der Waals surface area contributed by atoms with Gasteiger partial charge in [-0.3, -0.25) is 0 Å². The van der Waals surface area contributed by atoms with Crippen LogP contribution in [0.2, 0.25) is 0 Å². The maximum atomic E-state index is 9.81. The highest BCUT2D eigenvalue weighted by Crippen LogP contribution is 2.37. The SMILES string of the molecule is O=C=O.OC[C@@H](c1ccc(OCc2ccc3ccccc3n2)cc1)C1CCCC1. The predicted molar refractivity (Wildman–Crippen MR) is 109 cm³/mol. The first kappa shape index (κ1) is 20.7. The topological polar surface area (TPSA) is 76.5 Å². The average molecular weight is 391 g/mol. The second-order valence-electron chi connectivity index (χ2n) is 7.27. The van der Waals surface area contributed by atoms with E-state index in [4.69, 9.17) is 14.3 Å². The maximum Gasteiger partial charge on any atom is 0.373 e. The standard InChI is InChI=1S/C23H25NO2.CO2/c25-15-22(17-5-1-2-6-17)18-10-13-21(14-11-18)26-16-20-12-9-19-7-3-4-8-23(19)24-20;2-1-3/h3-4,7-14,17,22,25H,1-2,5-6,15-16H2;/t22-;/m1./s1. The fourth-order valence-electron chi connectivity index (χ4n) is 4.04. The third-order valence-electron chi connectivity index (χ3n) is 5.52. The zero-order valence-corrected chi connectivity index (χ0v) is 16.3. The largest absolute Gasteiger partial charge is 0.487 e. The Balaban J connectivity index is 0.000000755. The lowest BCUT2D eigenvalue weighted by molar-refractivity contribution is -0.191. The lowest BCUT2D eigenvalue weighted by Gasteiger charge is -2.21. The van der Waals surface area contributed by atoms with Crippen LogP contribution in [0.1, 0.15) is 42.9 Å². The minimum absolute atomic E-state index is 0.228. The van der Waals surface area contributed by atoms with Crippen molar-refractivity contribution in [3.63, 3.8) is 0 Å². The van der Waals surface area contributed by atoms with Gasteiger partial charge >= 0.3 is 6.15 Å². The average Bonchev–Trinajstić information content (AvgIpc) is 3.29. The van der Waals surface area contributed by atoms with E-state index in [9.17, 15) is 5.11 Å². The molecule has 29 heavy (non-hydrogen) atoms. The Morgan fingerprint density at radius 3 is 2.38 bits per heavy atom. The van der Waals surface area contributed by atoms with Gasteiger partial charge in [0, 0.05) is 11.3 Å². The van der Waals surface area contributed by atoms with Crippen molar-refractivity contribution in [2.24, 2.45) is 5.92 Å². The third kappa shape index (κ3) is 5.50. The van der Waals surface area contributed by atoms with Crippen molar-refractivity contribution in [1.29, 1.82) is 0 Å². The first-order valence-corrected chi connectivity index (χ1v) is 9.92. The Bertz CT molecular complexity index is 943. The molecular formula is C24H25NO4. The van der Waals surface area contributed by atoms with Gasteiger partial charge in [-0.2, -0.15) is 9.59 Å². The fraction of sp³-hybridized carbons (Fsp3) is 0.333. The highest BCUT2D eigenvalue weighted by atomic mass is 16.5. The van der Waals surface area contributed by atoms with E-state index in [0.29, 0.717) is 12.5 Å². The molecule has 0 bridgehead atoms. The molecule has 3 aromatic rings. The number of carbonyl (C=O) groups excluding carboxylic acids is 2. The summed E-state index contributed by atoms with van der Waals surface area (Å²) in [5.41, 5.74) is 3.13. The van der Waals surface area contributed by atoms with Crippen molar-refractivity contribution < 1.29 is 19.4 Å². The fourth-order valence-corrected chi connectivity index (χ4v) is 4.04. The summed E-state index contributed by atoms with van der Waals surface area (Å²) in [6, 6.07) is 20.4. The van der Waals surface area contributed by atoms with Crippen LogP contribution in [0.5, 0.6) is 5.75 Å². The minimum Gasteiger partial charge on any atom is -0.487 e. The van der Waals surface area contributed by atoms with Gasteiger partial charge in [-0.15, -0.1) is 0 Å². The highest BCUT2D eigenvalue weighted by molar-refractivity contribution is 5.78. The van der Waals surface area contributed by atoms with Crippen molar-refractivity contribution in [3.8, 4) is 5.75 Å². The molecule has 5 nitrogen and oxygen atoms in total. The molecule has 5 heteroatoms. The van der Waals surface area contributed by atoms with E-state index in [2.05, 4.69) is 29.2 Å². The van der Waals surface area contributed by atoms with Crippen LogP contribution < -0.4 is 4.74 Å². The van der Waals surface area contributed by atoms with E-state index in [-0.39, 0.29) is 18.7 Å². The summed E-state index contributed by atoms with van der Waals surface area (Å²) in [6.07, 6.45) is 5.30. The molecule has 0 saturated heterocycles. The zero-order chi connectivity index (χ0) is 20.5. The number of pyridine rings is 1. The lowest BCUT2D eigenvalue weighted by atomic mass is 9.85. The molecule has 1 atom stereocenters. The molecule has 1 aromatic heterocycles. The van der Waals surface area contributed by atoms with Crippen LogP contribution in [-0.2, 0) is 16.2 Å². The normalized spacial score (nSPS) is 14.7. The Morgan fingerprint density at radius 1 is 1.00 bits per heavy atom. The molecule has 0 spiro atoms. The Kier molecular flexibility index (Phi) is 7.51. The Labute approximate surface area is 170 Å². The van der Waals surface area contributed by atoms with E-state index in [1.807, 2.05) is 36.4 Å². The molecule has 0 aliphatic heterocycles. The molecule has 1 saturated carbocycles. The van der Waals surface area contributed by atoms with Crippen LogP contribution >= 0.6 is 0 Å². The van der Waals surface area contributed by atoms with Gasteiger partial charge in [-0.25, -0.2) is 4.98 Å². The molecule has 1 heterocycles. The number of benzene rings is 2. The van der Waals surface area contributed by atoms with E-state index >= 15 is 0 Å². The first-order chi connectivity index (χ1) is 14.2. The zero-order valence-electron chi connectivity index (χ0n) is 16.3. The van der Waals surface area contributed by atoms with Crippen molar-refractivity contribution in [2.45, 2.75) is 38.2 Å². The third-order valence-corrected chi connectivity index (χ3v) is 5.52. The van der Waals surface area contributed by atoms with Crippen molar-refractivity contribution in [2.75, 3.05) is 6.61 Å². The summed E-state index contributed by atoms with van der Waals surface area (Å²) < 4.78 is 5.91. The predicted octanol–water partition coefficient (Wildman–Crippen LogP) is 4.50. The second-order valence-corrected chi connectivity index (χ2v) is 7.27. The summed E-state index contributed by atoms with van der Waals surface area (Å²) >= 11 is 0. The van der Waals surface area contributed by atoms with Gasteiger partial charge in [0.2, 0.25) is 0 Å². The number of hydrogen-bond acceptors (Lipinski definition) is 5. The number of ether oxygens (including phenoxy) is 1. The number of hydrogen-bond donors (Lipinski definition) is 1. The van der Waals surface area contributed by atoms with Crippen molar-refractivity contribution in [1.82, 2.24) is 4.98 Å². The Morgan fingerprint density at radius 2 is 1.69 bits per heavy atom. The molecule has 2 aromatic carbocycles. The molecule has 150 valence electrons. The number of aromatic nitrogens is 1. The van der Waals surface area contributed by atoms with E-state index in [0.717, 1.165) is 22.3 Å². The summed E-state index contributed by atoms with van der Waals surface area (Å²) in [7, 11) is 0. The number of nitrogens with zero attached hydrogens (tertiary/aromatic N) is 1. The van der Waals surface area contributed by atoms with Crippen molar-refractivity contribution >= 4 is 17.1 Å². The maximum absolute atomic E-state index is 9.81. The van der Waals surface area contributed by atoms with Gasteiger partial charge in [0.1, 0.15) is 12.4 Å². The first-order valence-electron chi connectivity index (χ1n) is 9.92. The van der Waals surface area contributed by atoms with Crippen LogP contribution in [0, 0.1) is 5.92 Å². The summed E-state index contributed by atoms with van der Waals surface area (Å²) in [5, 5.41) is 10.9. The molecule has 1 aliphatic carbocycles. The van der Waals surface area contributed by atoms with Crippen LogP contribution in [0.25, 0.3) is 10.9 Å². The summed E-state index contributed by atoms with van der Waals surface area (Å²) in [6.45, 7) is 0.683. The smallest absolute Gasteiger partial charge is 0.373 e. The number of aliphatic hydroxyl groups is 1. The van der Waals surface area contributed by atoms with Gasteiger partial charge < -0.3 is 9.84 Å². The number of aliphatic hydroxyl groups excluding tert-OH is 1. The number of para-hydroxylation sites is 1. The summed E-state index contributed by atoms with van der Waals surface area (Å²) in [4.78, 5) is 20.9. The Hall–Kier alpha value is -3.01.